The van der Waals surface area contributed by atoms with Crippen molar-refractivity contribution in [1.29, 1.82) is 0 Å². The Balaban J connectivity index is 2.32. The molecule has 0 radical (unpaired) electrons. The predicted molar refractivity (Wildman–Crippen MR) is 82.7 cm³/mol. The number of carbonyl (C=O) groups is 1. The Morgan fingerprint density at radius 1 is 1.48 bits per heavy atom. The van der Waals surface area contributed by atoms with Gasteiger partial charge in [-0.1, -0.05) is 13.0 Å². The molecule has 0 saturated heterocycles. The maximum Gasteiger partial charge on any atom is 0.276 e. The minimum Gasteiger partial charge on any atom is -0.495 e. The normalized spacial score (nSPS) is 10.5. The lowest BCUT2D eigenvalue weighted by atomic mass is 10.2. The van der Waals surface area contributed by atoms with E-state index in [1.165, 1.54) is 4.68 Å². The standard InChI is InChI=1S/C15H20N4O2/c1-5-10-13(16)14(19(3)18-10)15(20)17-11-7-6-9(2)8-12(11)21-4/h6-8H,5,16H2,1-4H3,(H,17,20). The van der Waals surface area contributed by atoms with Crippen LogP contribution < -0.4 is 15.8 Å². The number of carbonyl (C=O) groups excluding carboxylic acids is 1. The molecule has 2 aromatic rings. The maximum atomic E-state index is 12.4. The fourth-order valence-corrected chi connectivity index (χ4v) is 2.21. The number of nitrogen functional groups attached to an aromatic ring is 1. The molecule has 1 heterocycles. The number of nitrogens with one attached hydrogen (secondary N) is 1. The first-order chi connectivity index (χ1) is 9.97. The van der Waals surface area contributed by atoms with Gasteiger partial charge in [0.1, 0.15) is 11.4 Å². The fourth-order valence-electron chi connectivity index (χ4n) is 2.21. The maximum absolute atomic E-state index is 12.4. The second kappa shape index (κ2) is 5.87. The van der Waals surface area contributed by atoms with Gasteiger partial charge in [-0.2, -0.15) is 5.10 Å². The minimum absolute atomic E-state index is 0.302. The van der Waals surface area contributed by atoms with E-state index in [0.717, 1.165) is 11.3 Å². The highest BCUT2D eigenvalue weighted by Gasteiger charge is 2.20. The highest BCUT2D eigenvalue weighted by atomic mass is 16.5. The molecule has 0 spiro atoms. The summed E-state index contributed by atoms with van der Waals surface area (Å²) in [5.74, 6) is 0.309. The first-order valence-electron chi connectivity index (χ1n) is 6.75. The van der Waals surface area contributed by atoms with E-state index in [1.54, 1.807) is 20.2 Å². The molecule has 0 bridgehead atoms. The van der Waals surface area contributed by atoms with Gasteiger partial charge in [0.05, 0.1) is 24.2 Å². The molecule has 2 rings (SSSR count). The summed E-state index contributed by atoms with van der Waals surface area (Å²) >= 11 is 0. The van der Waals surface area contributed by atoms with Gasteiger partial charge < -0.3 is 15.8 Å². The fraction of sp³-hybridized carbons (Fsp3) is 0.333. The number of benzene rings is 1. The summed E-state index contributed by atoms with van der Waals surface area (Å²) < 4.78 is 6.79. The number of aryl methyl sites for hydroxylation is 3. The molecule has 1 aromatic heterocycles. The molecule has 0 atom stereocenters. The van der Waals surface area contributed by atoms with Gasteiger partial charge in [-0.3, -0.25) is 9.48 Å². The first kappa shape index (κ1) is 14.9. The summed E-state index contributed by atoms with van der Waals surface area (Å²) in [6.07, 6.45) is 0.681. The summed E-state index contributed by atoms with van der Waals surface area (Å²) in [7, 11) is 3.27. The summed E-state index contributed by atoms with van der Waals surface area (Å²) in [6.45, 7) is 3.91. The molecule has 1 aromatic carbocycles. The lowest BCUT2D eigenvalue weighted by Crippen LogP contribution is -2.18. The van der Waals surface area contributed by atoms with Crippen LogP contribution >= 0.6 is 0 Å². The van der Waals surface area contributed by atoms with Crippen LogP contribution in [0.1, 0.15) is 28.7 Å². The van der Waals surface area contributed by atoms with Crippen LogP contribution in [-0.2, 0) is 13.5 Å². The molecule has 3 N–H and O–H groups in total. The van der Waals surface area contributed by atoms with Gasteiger partial charge in [0.2, 0.25) is 0 Å². The van der Waals surface area contributed by atoms with Gasteiger partial charge in [0.25, 0.3) is 5.91 Å². The smallest absolute Gasteiger partial charge is 0.276 e. The van der Waals surface area contributed by atoms with Crippen molar-refractivity contribution in [3.63, 3.8) is 0 Å². The number of nitrogens with zero attached hydrogens (tertiary/aromatic N) is 2. The average molecular weight is 288 g/mol. The monoisotopic (exact) mass is 288 g/mol. The van der Waals surface area contributed by atoms with E-state index in [9.17, 15) is 4.79 Å². The van der Waals surface area contributed by atoms with Crippen molar-refractivity contribution in [1.82, 2.24) is 9.78 Å². The van der Waals surface area contributed by atoms with E-state index in [0.29, 0.717) is 29.2 Å². The van der Waals surface area contributed by atoms with Crippen LogP contribution in [0.2, 0.25) is 0 Å². The van der Waals surface area contributed by atoms with Crippen molar-refractivity contribution in [2.45, 2.75) is 20.3 Å². The van der Waals surface area contributed by atoms with Crippen molar-refractivity contribution < 1.29 is 9.53 Å². The third kappa shape index (κ3) is 2.84. The molecular formula is C15H20N4O2. The van der Waals surface area contributed by atoms with Gasteiger partial charge in [-0.25, -0.2) is 0 Å². The number of anilines is 2. The summed E-state index contributed by atoms with van der Waals surface area (Å²) in [5, 5.41) is 7.07. The van der Waals surface area contributed by atoms with E-state index in [1.807, 2.05) is 26.0 Å². The molecule has 6 heteroatoms. The molecule has 21 heavy (non-hydrogen) atoms. The number of hydrogen-bond donors (Lipinski definition) is 2. The Kier molecular flexibility index (Phi) is 4.16. The van der Waals surface area contributed by atoms with Gasteiger partial charge in [-0.05, 0) is 31.0 Å². The average Bonchev–Trinajstić information content (AvgIpc) is 2.75. The summed E-state index contributed by atoms with van der Waals surface area (Å²) in [6, 6.07) is 5.57. The topological polar surface area (TPSA) is 82.2 Å². The largest absolute Gasteiger partial charge is 0.495 e. The zero-order valence-corrected chi connectivity index (χ0v) is 12.7. The van der Waals surface area contributed by atoms with Crippen molar-refractivity contribution in [2.75, 3.05) is 18.2 Å². The van der Waals surface area contributed by atoms with Crippen LogP contribution in [0.15, 0.2) is 18.2 Å². The number of hydrogen-bond acceptors (Lipinski definition) is 4. The molecule has 0 saturated carbocycles. The van der Waals surface area contributed by atoms with Crippen LogP contribution in [0.3, 0.4) is 0 Å². The third-order valence-electron chi connectivity index (χ3n) is 3.32. The van der Waals surface area contributed by atoms with Crippen LogP contribution in [0, 0.1) is 6.92 Å². The third-order valence-corrected chi connectivity index (χ3v) is 3.32. The van der Waals surface area contributed by atoms with E-state index < -0.39 is 0 Å². The molecule has 0 unspecified atom stereocenters. The number of ether oxygens (including phenoxy) is 1. The number of methoxy groups -OCH3 is 1. The Hall–Kier alpha value is -2.50. The Morgan fingerprint density at radius 3 is 2.76 bits per heavy atom. The highest BCUT2D eigenvalue weighted by molar-refractivity contribution is 6.07. The second-order valence-electron chi connectivity index (χ2n) is 4.84. The molecule has 1 amide bonds. The highest BCUT2D eigenvalue weighted by Crippen LogP contribution is 2.26. The van der Waals surface area contributed by atoms with Crippen LogP contribution in [0.5, 0.6) is 5.75 Å². The molecular weight excluding hydrogens is 268 g/mol. The molecule has 6 nitrogen and oxygen atoms in total. The van der Waals surface area contributed by atoms with Gasteiger partial charge in [0, 0.05) is 7.05 Å². The second-order valence-corrected chi connectivity index (χ2v) is 4.84. The summed E-state index contributed by atoms with van der Waals surface area (Å²) in [4.78, 5) is 12.4. The number of amides is 1. The van der Waals surface area contributed by atoms with E-state index in [-0.39, 0.29) is 5.91 Å². The first-order valence-corrected chi connectivity index (χ1v) is 6.75. The van der Waals surface area contributed by atoms with Gasteiger partial charge >= 0.3 is 0 Å². The predicted octanol–water partition coefficient (Wildman–Crippen LogP) is 2.13. The zero-order chi connectivity index (χ0) is 15.6. The molecule has 0 aliphatic carbocycles. The van der Waals surface area contributed by atoms with Crippen LogP contribution in [0.4, 0.5) is 11.4 Å². The van der Waals surface area contributed by atoms with Crippen LogP contribution in [-0.4, -0.2) is 22.8 Å². The van der Waals surface area contributed by atoms with Crippen molar-refractivity contribution in [3.8, 4) is 5.75 Å². The molecule has 112 valence electrons. The minimum atomic E-state index is -0.302. The lowest BCUT2D eigenvalue weighted by Gasteiger charge is -2.11. The number of rotatable bonds is 4. The summed E-state index contributed by atoms with van der Waals surface area (Å²) in [5.41, 5.74) is 9.14. The molecule has 0 fully saturated rings. The number of aromatic nitrogens is 2. The van der Waals surface area contributed by atoms with Crippen molar-refractivity contribution >= 4 is 17.3 Å². The van der Waals surface area contributed by atoms with E-state index in [4.69, 9.17) is 10.5 Å². The SMILES string of the molecule is CCc1nn(C)c(C(=O)Nc2ccc(C)cc2OC)c1N. The number of nitrogens with two attached hydrogens (primary N) is 1. The molecule has 0 aliphatic rings. The van der Waals surface area contributed by atoms with E-state index in [2.05, 4.69) is 10.4 Å². The van der Waals surface area contributed by atoms with Gasteiger partial charge in [0.15, 0.2) is 0 Å². The Morgan fingerprint density at radius 2 is 2.19 bits per heavy atom. The zero-order valence-electron chi connectivity index (χ0n) is 12.7. The van der Waals surface area contributed by atoms with E-state index >= 15 is 0 Å². The van der Waals surface area contributed by atoms with Crippen molar-refractivity contribution in [3.05, 3.63) is 35.2 Å². The quantitative estimate of drug-likeness (QED) is 0.903. The Bertz CT molecular complexity index is 677. The van der Waals surface area contributed by atoms with Gasteiger partial charge in [-0.15, -0.1) is 0 Å². The Labute approximate surface area is 123 Å². The van der Waals surface area contributed by atoms with Crippen LogP contribution in [0.25, 0.3) is 0 Å². The molecule has 0 aliphatic heterocycles. The van der Waals surface area contributed by atoms with Crippen molar-refractivity contribution in [2.24, 2.45) is 7.05 Å². The lowest BCUT2D eigenvalue weighted by molar-refractivity contribution is 0.101.